The monoisotopic (exact) mass is 342 g/mol. The van der Waals surface area contributed by atoms with Crippen molar-refractivity contribution in [1.82, 2.24) is 4.90 Å². The lowest BCUT2D eigenvalue weighted by atomic mass is 9.71. The summed E-state index contributed by atoms with van der Waals surface area (Å²) in [6.45, 7) is 2.55. The van der Waals surface area contributed by atoms with Crippen LogP contribution in [0.4, 0.5) is 4.39 Å². The number of hydrogen-bond donors (Lipinski definition) is 1. The van der Waals surface area contributed by atoms with Crippen molar-refractivity contribution in [2.75, 3.05) is 13.6 Å². The SMILES string of the molecule is CC(c1ccc(F)cc1)N(C)C(=O)CC1(CN)CCCCC1.Cl. The molecular weight excluding hydrogens is 315 g/mol. The standard InChI is InChI=1S/C18H27FN2O.ClH/c1-14(15-6-8-16(19)9-7-15)21(2)17(22)12-18(13-20)10-4-3-5-11-18;/h6-9,14H,3-5,10-13,20H2,1-2H3;1H. The van der Waals surface area contributed by atoms with Crippen LogP contribution in [0.5, 0.6) is 0 Å². The molecule has 1 unspecified atom stereocenters. The highest BCUT2D eigenvalue weighted by Gasteiger charge is 2.34. The summed E-state index contributed by atoms with van der Waals surface area (Å²) in [5.41, 5.74) is 6.90. The third kappa shape index (κ3) is 4.92. The van der Waals surface area contributed by atoms with E-state index in [0.717, 1.165) is 18.4 Å². The van der Waals surface area contributed by atoms with Crippen molar-refractivity contribution < 1.29 is 9.18 Å². The second kappa shape index (κ2) is 8.65. The fourth-order valence-corrected chi connectivity index (χ4v) is 3.38. The molecule has 1 aromatic carbocycles. The zero-order valence-electron chi connectivity index (χ0n) is 14.1. The van der Waals surface area contributed by atoms with Crippen molar-refractivity contribution in [2.45, 2.75) is 51.5 Å². The van der Waals surface area contributed by atoms with Crippen molar-refractivity contribution in [2.24, 2.45) is 11.1 Å². The first-order chi connectivity index (χ1) is 10.5. The summed E-state index contributed by atoms with van der Waals surface area (Å²) in [4.78, 5) is 14.4. The molecule has 2 rings (SSSR count). The highest BCUT2D eigenvalue weighted by Crippen LogP contribution is 2.39. The van der Waals surface area contributed by atoms with Crippen molar-refractivity contribution in [3.63, 3.8) is 0 Å². The lowest BCUT2D eigenvalue weighted by Gasteiger charge is -2.37. The molecule has 0 saturated heterocycles. The summed E-state index contributed by atoms with van der Waals surface area (Å²) in [6.07, 6.45) is 6.20. The molecule has 23 heavy (non-hydrogen) atoms. The van der Waals surface area contributed by atoms with Gasteiger partial charge in [-0.05, 0) is 49.4 Å². The predicted molar refractivity (Wildman–Crippen MR) is 94.0 cm³/mol. The Morgan fingerprint density at radius 3 is 2.35 bits per heavy atom. The van der Waals surface area contributed by atoms with Crippen LogP contribution in [-0.2, 0) is 4.79 Å². The third-order valence-corrected chi connectivity index (χ3v) is 5.20. The molecule has 1 aromatic rings. The van der Waals surface area contributed by atoms with Gasteiger partial charge in [0, 0.05) is 13.5 Å². The molecule has 1 atom stereocenters. The quantitative estimate of drug-likeness (QED) is 0.876. The first-order valence-electron chi connectivity index (χ1n) is 8.19. The molecule has 1 amide bonds. The van der Waals surface area contributed by atoms with Gasteiger partial charge in [-0.15, -0.1) is 12.4 Å². The Hall–Kier alpha value is -1.13. The van der Waals surface area contributed by atoms with E-state index in [2.05, 4.69) is 0 Å². The number of amides is 1. The molecule has 2 N–H and O–H groups in total. The van der Waals surface area contributed by atoms with Crippen LogP contribution in [0.1, 0.15) is 57.1 Å². The van der Waals surface area contributed by atoms with Crippen molar-refractivity contribution in [3.05, 3.63) is 35.6 Å². The molecule has 0 aromatic heterocycles. The third-order valence-electron chi connectivity index (χ3n) is 5.20. The molecule has 1 aliphatic rings. The minimum atomic E-state index is -0.255. The van der Waals surface area contributed by atoms with E-state index in [4.69, 9.17) is 5.73 Å². The topological polar surface area (TPSA) is 46.3 Å². The van der Waals surface area contributed by atoms with E-state index in [1.807, 2.05) is 14.0 Å². The van der Waals surface area contributed by atoms with E-state index in [9.17, 15) is 9.18 Å². The number of benzene rings is 1. The van der Waals surface area contributed by atoms with Gasteiger partial charge in [0.1, 0.15) is 5.82 Å². The molecule has 0 bridgehead atoms. The first kappa shape index (κ1) is 19.9. The Morgan fingerprint density at radius 1 is 1.26 bits per heavy atom. The van der Waals surface area contributed by atoms with E-state index in [-0.39, 0.29) is 35.6 Å². The Bertz CT molecular complexity index is 500. The maximum atomic E-state index is 13.0. The normalized spacial score (nSPS) is 17.9. The van der Waals surface area contributed by atoms with E-state index >= 15 is 0 Å². The predicted octanol–water partition coefficient (Wildman–Crippen LogP) is 4.07. The van der Waals surface area contributed by atoms with Gasteiger partial charge in [-0.1, -0.05) is 31.4 Å². The van der Waals surface area contributed by atoms with E-state index < -0.39 is 0 Å². The van der Waals surface area contributed by atoms with Crippen molar-refractivity contribution >= 4 is 18.3 Å². The molecule has 1 aliphatic carbocycles. The molecular formula is C18H28ClFN2O. The molecule has 0 aliphatic heterocycles. The van der Waals surface area contributed by atoms with Crippen molar-refractivity contribution in [1.29, 1.82) is 0 Å². The Labute approximate surface area is 144 Å². The van der Waals surface area contributed by atoms with E-state index in [1.165, 1.54) is 31.4 Å². The van der Waals surface area contributed by atoms with Gasteiger partial charge in [-0.25, -0.2) is 4.39 Å². The highest BCUT2D eigenvalue weighted by atomic mass is 35.5. The van der Waals surface area contributed by atoms with E-state index in [0.29, 0.717) is 13.0 Å². The van der Waals surface area contributed by atoms with Gasteiger partial charge in [-0.2, -0.15) is 0 Å². The van der Waals surface area contributed by atoms with Gasteiger partial charge in [0.2, 0.25) is 5.91 Å². The van der Waals surface area contributed by atoms with E-state index in [1.54, 1.807) is 17.0 Å². The van der Waals surface area contributed by atoms with Crippen LogP contribution >= 0.6 is 12.4 Å². The Morgan fingerprint density at radius 2 is 1.83 bits per heavy atom. The number of nitrogens with zero attached hydrogens (tertiary/aromatic N) is 1. The lowest BCUT2D eigenvalue weighted by molar-refractivity contribution is -0.134. The summed E-state index contributed by atoms with van der Waals surface area (Å²) < 4.78 is 13.0. The van der Waals surface area contributed by atoms with Gasteiger partial charge in [0.15, 0.2) is 0 Å². The van der Waals surface area contributed by atoms with Gasteiger partial charge in [0.05, 0.1) is 6.04 Å². The van der Waals surface area contributed by atoms with Gasteiger partial charge >= 0.3 is 0 Å². The summed E-state index contributed by atoms with van der Waals surface area (Å²) in [6, 6.07) is 6.29. The summed E-state index contributed by atoms with van der Waals surface area (Å²) in [5.74, 6) is -0.126. The summed E-state index contributed by atoms with van der Waals surface area (Å²) in [5, 5.41) is 0. The number of carbonyl (C=O) groups excluding carboxylic acids is 1. The van der Waals surface area contributed by atoms with Crippen LogP contribution in [0.25, 0.3) is 0 Å². The average molecular weight is 343 g/mol. The van der Waals surface area contributed by atoms with Crippen LogP contribution in [0.2, 0.25) is 0 Å². The summed E-state index contributed by atoms with van der Waals surface area (Å²) in [7, 11) is 1.82. The molecule has 130 valence electrons. The number of hydrogen-bond acceptors (Lipinski definition) is 2. The zero-order chi connectivity index (χ0) is 16.2. The van der Waals surface area contributed by atoms with Crippen LogP contribution in [0.15, 0.2) is 24.3 Å². The van der Waals surface area contributed by atoms with Crippen LogP contribution in [-0.4, -0.2) is 24.4 Å². The van der Waals surface area contributed by atoms with Crippen LogP contribution in [0.3, 0.4) is 0 Å². The average Bonchev–Trinajstić information content (AvgIpc) is 2.55. The molecule has 3 nitrogen and oxygen atoms in total. The molecule has 0 spiro atoms. The number of carbonyl (C=O) groups is 1. The number of halogens is 2. The largest absolute Gasteiger partial charge is 0.339 e. The molecule has 0 radical (unpaired) electrons. The van der Waals surface area contributed by atoms with Gasteiger partial charge in [-0.3, -0.25) is 4.79 Å². The molecule has 1 fully saturated rings. The molecule has 1 saturated carbocycles. The van der Waals surface area contributed by atoms with Gasteiger partial charge < -0.3 is 10.6 Å². The first-order valence-corrected chi connectivity index (χ1v) is 8.19. The fourth-order valence-electron chi connectivity index (χ4n) is 3.38. The number of nitrogens with two attached hydrogens (primary N) is 1. The highest BCUT2D eigenvalue weighted by molar-refractivity contribution is 5.85. The van der Waals surface area contributed by atoms with Crippen LogP contribution < -0.4 is 5.73 Å². The second-order valence-corrected chi connectivity index (χ2v) is 6.67. The zero-order valence-corrected chi connectivity index (χ0v) is 14.9. The Balaban J connectivity index is 0.00000264. The fraction of sp³-hybridized carbons (Fsp3) is 0.611. The summed E-state index contributed by atoms with van der Waals surface area (Å²) >= 11 is 0. The molecule has 5 heteroatoms. The minimum Gasteiger partial charge on any atom is -0.339 e. The van der Waals surface area contributed by atoms with Crippen molar-refractivity contribution in [3.8, 4) is 0 Å². The van der Waals surface area contributed by atoms with Crippen LogP contribution in [0, 0.1) is 11.2 Å². The second-order valence-electron chi connectivity index (χ2n) is 6.67. The minimum absolute atomic E-state index is 0. The maximum absolute atomic E-state index is 13.0. The Kier molecular flexibility index (Phi) is 7.49. The molecule has 0 heterocycles. The smallest absolute Gasteiger partial charge is 0.223 e. The van der Waals surface area contributed by atoms with Gasteiger partial charge in [0.25, 0.3) is 0 Å². The lowest BCUT2D eigenvalue weighted by Crippen LogP contribution is -2.40. The maximum Gasteiger partial charge on any atom is 0.223 e. The number of rotatable bonds is 5.